The first-order chi connectivity index (χ1) is 11.2. The first-order valence-electron chi connectivity index (χ1n) is 8.82. The average molecular weight is 308 g/mol. The van der Waals surface area contributed by atoms with Gasteiger partial charge in [-0.25, -0.2) is 0 Å². The van der Waals surface area contributed by atoms with Crippen molar-refractivity contribution in [1.82, 2.24) is 9.47 Å². The lowest BCUT2D eigenvalue weighted by Gasteiger charge is -2.58. The molecule has 23 heavy (non-hydrogen) atoms. The van der Waals surface area contributed by atoms with Gasteiger partial charge in [-0.3, -0.25) is 4.90 Å². The number of hydrogen-bond acceptors (Lipinski definition) is 2. The van der Waals surface area contributed by atoms with Crippen LogP contribution >= 0.6 is 0 Å². The lowest BCUT2D eigenvalue weighted by molar-refractivity contribution is -0.0513. The number of allylic oxidation sites excluding steroid dienone is 1. The molecule has 5 heterocycles. The second kappa shape index (κ2) is 4.71. The van der Waals surface area contributed by atoms with E-state index < -0.39 is 0 Å². The summed E-state index contributed by atoms with van der Waals surface area (Å²) in [5.74, 6) is 0.967. The lowest BCUT2D eigenvalue weighted by Crippen LogP contribution is -2.61. The normalized spacial score (nSPS) is 36.7. The van der Waals surface area contributed by atoms with Gasteiger partial charge in [0.25, 0.3) is 0 Å². The van der Waals surface area contributed by atoms with Crippen LogP contribution in [0.2, 0.25) is 0 Å². The molecule has 3 heteroatoms. The van der Waals surface area contributed by atoms with Gasteiger partial charge in [0.2, 0.25) is 0 Å². The van der Waals surface area contributed by atoms with Gasteiger partial charge in [-0.05, 0) is 37.3 Å². The second-order valence-corrected chi connectivity index (χ2v) is 7.45. The van der Waals surface area contributed by atoms with Crippen molar-refractivity contribution in [3.63, 3.8) is 0 Å². The lowest BCUT2D eigenvalue weighted by atomic mass is 9.64. The summed E-state index contributed by atoms with van der Waals surface area (Å²) in [6, 6.07) is 9.84. The molecular weight excluding hydrogens is 284 g/mol. The van der Waals surface area contributed by atoms with Gasteiger partial charge >= 0.3 is 0 Å². The SMILES string of the molecule is C/C=C1\CN2C3Cc4c(n(C)c5ccccc45)[C@@H]2C[C@@H]1C3CO. The molecule has 4 aliphatic rings. The van der Waals surface area contributed by atoms with Crippen molar-refractivity contribution in [2.75, 3.05) is 13.2 Å². The summed E-state index contributed by atoms with van der Waals surface area (Å²) in [6.45, 7) is 3.56. The molecule has 1 N–H and O–H groups in total. The Morgan fingerprint density at radius 1 is 1.30 bits per heavy atom. The number of hydrogen-bond donors (Lipinski definition) is 1. The second-order valence-electron chi connectivity index (χ2n) is 7.45. The van der Waals surface area contributed by atoms with Gasteiger partial charge in [-0.15, -0.1) is 0 Å². The Morgan fingerprint density at radius 3 is 2.91 bits per heavy atom. The minimum absolute atomic E-state index is 0.315. The van der Waals surface area contributed by atoms with Crippen LogP contribution in [0.25, 0.3) is 10.9 Å². The Labute approximate surface area is 137 Å². The van der Waals surface area contributed by atoms with E-state index >= 15 is 0 Å². The molecule has 6 rings (SSSR count). The number of aliphatic hydroxyl groups is 1. The molecule has 0 spiro atoms. The maximum atomic E-state index is 10.0. The first kappa shape index (κ1) is 13.8. The molecule has 0 saturated carbocycles. The molecule has 3 saturated heterocycles. The molecule has 4 aliphatic heterocycles. The molecule has 3 unspecified atom stereocenters. The van der Waals surface area contributed by atoms with Crippen LogP contribution in [0, 0.1) is 11.8 Å². The molecule has 5 atom stereocenters. The fourth-order valence-corrected chi connectivity index (χ4v) is 5.71. The third-order valence-corrected chi connectivity index (χ3v) is 6.73. The van der Waals surface area contributed by atoms with Gasteiger partial charge in [-0.1, -0.05) is 29.8 Å². The van der Waals surface area contributed by atoms with Crippen molar-refractivity contribution in [1.29, 1.82) is 0 Å². The van der Waals surface area contributed by atoms with Crippen LogP contribution in [-0.4, -0.2) is 33.8 Å². The maximum Gasteiger partial charge on any atom is 0.0515 e. The summed E-state index contributed by atoms with van der Waals surface area (Å²) in [7, 11) is 2.23. The summed E-state index contributed by atoms with van der Waals surface area (Å²) in [6.07, 6.45) is 4.54. The van der Waals surface area contributed by atoms with Crippen molar-refractivity contribution >= 4 is 10.9 Å². The Balaban J connectivity index is 1.72. The number of nitrogens with zero attached hydrogens (tertiary/aromatic N) is 2. The fourth-order valence-electron chi connectivity index (χ4n) is 5.71. The third-order valence-electron chi connectivity index (χ3n) is 6.73. The van der Waals surface area contributed by atoms with Gasteiger partial charge in [0.15, 0.2) is 0 Å². The number of aromatic nitrogens is 1. The molecular formula is C20H24N2O. The van der Waals surface area contributed by atoms with E-state index in [1.165, 1.54) is 28.6 Å². The Hall–Kier alpha value is -1.58. The maximum absolute atomic E-state index is 10.0. The monoisotopic (exact) mass is 308 g/mol. The van der Waals surface area contributed by atoms with Crippen LogP contribution < -0.4 is 0 Å². The average Bonchev–Trinajstić information content (AvgIpc) is 2.87. The van der Waals surface area contributed by atoms with Gasteiger partial charge in [0.1, 0.15) is 0 Å². The van der Waals surface area contributed by atoms with Crippen molar-refractivity contribution in [2.45, 2.75) is 31.8 Å². The number of benzene rings is 1. The van der Waals surface area contributed by atoms with Gasteiger partial charge in [0, 0.05) is 48.8 Å². The largest absolute Gasteiger partial charge is 0.396 e. The highest BCUT2D eigenvalue weighted by Crippen LogP contribution is 2.54. The predicted molar refractivity (Wildman–Crippen MR) is 92.3 cm³/mol. The van der Waals surface area contributed by atoms with Gasteiger partial charge < -0.3 is 9.67 Å². The standard InChI is InChI=1S/C20H24N2O/c1-3-12-10-22-18-9-15-13-6-4-5-7-17(13)21(2)20(15)19(22)8-14(12)16(18)11-23/h3-7,14,16,18-19,23H,8-11H2,1-2H3/b12-3+/t14-,16?,18?,19-/m0/s1. The van der Waals surface area contributed by atoms with E-state index in [4.69, 9.17) is 0 Å². The highest BCUT2D eigenvalue weighted by atomic mass is 16.3. The van der Waals surface area contributed by atoms with E-state index in [0.717, 1.165) is 13.0 Å². The Bertz CT molecular complexity index is 818. The minimum atomic E-state index is 0.315. The zero-order chi connectivity index (χ0) is 15.7. The minimum Gasteiger partial charge on any atom is -0.396 e. The number of piperidine rings is 3. The molecule has 0 radical (unpaired) electrons. The topological polar surface area (TPSA) is 28.4 Å². The first-order valence-corrected chi connectivity index (χ1v) is 8.82. The van der Waals surface area contributed by atoms with Crippen molar-refractivity contribution in [3.8, 4) is 0 Å². The van der Waals surface area contributed by atoms with Crippen LogP contribution in [0.4, 0.5) is 0 Å². The van der Waals surface area contributed by atoms with E-state index in [-0.39, 0.29) is 0 Å². The Morgan fingerprint density at radius 2 is 2.13 bits per heavy atom. The highest BCUT2D eigenvalue weighted by Gasteiger charge is 2.52. The zero-order valence-electron chi connectivity index (χ0n) is 13.9. The Kier molecular flexibility index (Phi) is 2.83. The highest BCUT2D eigenvalue weighted by molar-refractivity contribution is 5.86. The van der Waals surface area contributed by atoms with E-state index in [0.29, 0.717) is 30.5 Å². The summed E-state index contributed by atoms with van der Waals surface area (Å²) >= 11 is 0. The smallest absolute Gasteiger partial charge is 0.0515 e. The quantitative estimate of drug-likeness (QED) is 0.820. The summed E-state index contributed by atoms with van der Waals surface area (Å²) in [4.78, 5) is 2.68. The van der Waals surface area contributed by atoms with Crippen molar-refractivity contribution in [3.05, 3.63) is 47.2 Å². The zero-order valence-corrected chi connectivity index (χ0v) is 13.9. The molecule has 3 nitrogen and oxygen atoms in total. The van der Waals surface area contributed by atoms with Crippen LogP contribution in [-0.2, 0) is 13.5 Å². The van der Waals surface area contributed by atoms with E-state index in [1.807, 2.05) is 0 Å². The third kappa shape index (κ3) is 1.62. The number of aliphatic hydroxyl groups excluding tert-OH is 1. The van der Waals surface area contributed by atoms with Crippen LogP contribution in [0.1, 0.15) is 30.6 Å². The fraction of sp³-hybridized carbons (Fsp3) is 0.500. The number of aryl methyl sites for hydroxylation is 1. The molecule has 2 aromatic rings. The predicted octanol–water partition coefficient (Wildman–Crippen LogP) is 3.03. The molecule has 1 aromatic heterocycles. The summed E-state index contributed by atoms with van der Waals surface area (Å²) in [5.41, 5.74) is 5.96. The van der Waals surface area contributed by atoms with Crippen molar-refractivity contribution in [2.24, 2.45) is 18.9 Å². The number of fused-ring (bicyclic) bond motifs is 4. The van der Waals surface area contributed by atoms with Crippen LogP contribution in [0.3, 0.4) is 0 Å². The van der Waals surface area contributed by atoms with E-state index in [1.54, 1.807) is 5.57 Å². The van der Waals surface area contributed by atoms with E-state index in [9.17, 15) is 5.11 Å². The molecule has 0 aliphatic carbocycles. The molecule has 120 valence electrons. The van der Waals surface area contributed by atoms with Gasteiger partial charge in [0.05, 0.1) is 6.04 Å². The number of para-hydroxylation sites is 1. The van der Waals surface area contributed by atoms with Crippen LogP contribution in [0.15, 0.2) is 35.9 Å². The van der Waals surface area contributed by atoms with Crippen molar-refractivity contribution < 1.29 is 5.11 Å². The number of rotatable bonds is 1. The molecule has 1 aromatic carbocycles. The van der Waals surface area contributed by atoms with Crippen LogP contribution in [0.5, 0.6) is 0 Å². The molecule has 0 amide bonds. The molecule has 4 bridgehead atoms. The summed E-state index contributed by atoms with van der Waals surface area (Å²) < 4.78 is 2.43. The van der Waals surface area contributed by atoms with Gasteiger partial charge in [-0.2, -0.15) is 0 Å². The van der Waals surface area contributed by atoms with E-state index in [2.05, 4.69) is 53.8 Å². The summed E-state index contributed by atoms with van der Waals surface area (Å²) in [5, 5.41) is 11.5. The molecule has 3 fully saturated rings.